The summed E-state index contributed by atoms with van der Waals surface area (Å²) in [6, 6.07) is 19.5. The third-order valence-electron chi connectivity index (χ3n) is 5.05. The molecule has 6 nitrogen and oxygen atoms in total. The SMILES string of the molecule is Cn1cc(-c2ccc(F)c(C(=O)Nc3ccc(-c4nc5ccccc5[nH]4)cc3)c2)cn1. The first kappa shape index (κ1) is 18.7. The number of H-pyrrole nitrogens is 1. The van der Waals surface area contributed by atoms with E-state index in [1.165, 1.54) is 12.1 Å². The number of nitrogens with one attached hydrogen (secondary N) is 2. The van der Waals surface area contributed by atoms with E-state index in [9.17, 15) is 9.18 Å². The highest BCUT2D eigenvalue weighted by Crippen LogP contribution is 2.24. The van der Waals surface area contributed by atoms with E-state index in [0.29, 0.717) is 5.69 Å². The van der Waals surface area contributed by atoms with Crippen molar-refractivity contribution in [1.29, 1.82) is 0 Å². The zero-order valence-electron chi connectivity index (χ0n) is 16.6. The van der Waals surface area contributed by atoms with Crippen LogP contribution in [0.2, 0.25) is 0 Å². The Kier molecular flexibility index (Phi) is 4.55. The summed E-state index contributed by atoms with van der Waals surface area (Å²) in [5.41, 5.74) is 4.81. The third kappa shape index (κ3) is 3.69. The zero-order chi connectivity index (χ0) is 21.4. The first-order chi connectivity index (χ1) is 15.1. The summed E-state index contributed by atoms with van der Waals surface area (Å²) < 4.78 is 16.0. The molecule has 7 heteroatoms. The summed E-state index contributed by atoms with van der Waals surface area (Å²) in [6.07, 6.45) is 3.48. The largest absolute Gasteiger partial charge is 0.338 e. The van der Waals surface area contributed by atoms with E-state index >= 15 is 0 Å². The number of anilines is 1. The van der Waals surface area contributed by atoms with Gasteiger partial charge in [-0.15, -0.1) is 0 Å². The van der Waals surface area contributed by atoms with Crippen molar-refractivity contribution in [2.75, 3.05) is 5.32 Å². The number of carbonyl (C=O) groups is 1. The Bertz CT molecular complexity index is 1370. The molecule has 2 N–H and O–H groups in total. The Labute approximate surface area is 177 Å². The van der Waals surface area contributed by atoms with Crippen LogP contribution in [0.4, 0.5) is 10.1 Å². The van der Waals surface area contributed by atoms with Crippen LogP contribution in [-0.4, -0.2) is 25.7 Å². The topological polar surface area (TPSA) is 75.6 Å². The zero-order valence-corrected chi connectivity index (χ0v) is 16.6. The van der Waals surface area contributed by atoms with Gasteiger partial charge in [0.1, 0.15) is 11.6 Å². The van der Waals surface area contributed by atoms with Crippen LogP contribution in [0.25, 0.3) is 33.5 Å². The van der Waals surface area contributed by atoms with Gasteiger partial charge >= 0.3 is 0 Å². The van der Waals surface area contributed by atoms with Gasteiger partial charge in [0, 0.05) is 30.1 Å². The molecule has 0 fully saturated rings. The van der Waals surface area contributed by atoms with E-state index in [0.717, 1.165) is 33.5 Å². The minimum atomic E-state index is -0.580. The van der Waals surface area contributed by atoms with E-state index in [-0.39, 0.29) is 5.56 Å². The molecular formula is C24H18FN5O. The molecule has 1 amide bonds. The lowest BCUT2D eigenvalue weighted by atomic mass is 10.0. The molecule has 2 aromatic heterocycles. The summed E-state index contributed by atoms with van der Waals surface area (Å²) in [7, 11) is 1.80. The molecule has 31 heavy (non-hydrogen) atoms. The summed E-state index contributed by atoms with van der Waals surface area (Å²) in [5, 5.41) is 6.88. The van der Waals surface area contributed by atoms with Gasteiger partial charge in [-0.1, -0.05) is 18.2 Å². The van der Waals surface area contributed by atoms with Crippen molar-refractivity contribution in [3.8, 4) is 22.5 Å². The fraction of sp³-hybridized carbons (Fsp3) is 0.0417. The van der Waals surface area contributed by atoms with Gasteiger partial charge in [0.25, 0.3) is 5.91 Å². The quantitative estimate of drug-likeness (QED) is 0.436. The van der Waals surface area contributed by atoms with Gasteiger partial charge in [0.05, 0.1) is 22.8 Å². The molecule has 0 radical (unpaired) electrons. The highest BCUT2D eigenvalue weighted by molar-refractivity contribution is 6.05. The van der Waals surface area contributed by atoms with Crippen LogP contribution in [0.3, 0.4) is 0 Å². The number of fused-ring (bicyclic) bond motifs is 1. The molecule has 0 aliphatic carbocycles. The second kappa shape index (κ2) is 7.53. The van der Waals surface area contributed by atoms with E-state index in [1.807, 2.05) is 42.6 Å². The number of hydrogen-bond acceptors (Lipinski definition) is 3. The van der Waals surface area contributed by atoms with Gasteiger partial charge in [-0.3, -0.25) is 9.48 Å². The second-order valence-electron chi connectivity index (χ2n) is 7.23. The lowest BCUT2D eigenvalue weighted by Gasteiger charge is -2.08. The molecule has 0 unspecified atom stereocenters. The molecule has 5 rings (SSSR count). The molecule has 0 aliphatic heterocycles. The molecule has 3 aromatic carbocycles. The Balaban J connectivity index is 1.37. The van der Waals surface area contributed by atoms with Crippen LogP contribution < -0.4 is 5.32 Å². The first-order valence-electron chi connectivity index (χ1n) is 9.72. The van der Waals surface area contributed by atoms with Crippen molar-refractivity contribution in [1.82, 2.24) is 19.7 Å². The maximum absolute atomic E-state index is 14.3. The van der Waals surface area contributed by atoms with E-state index in [1.54, 1.807) is 36.1 Å². The molecule has 0 atom stereocenters. The maximum atomic E-state index is 14.3. The maximum Gasteiger partial charge on any atom is 0.258 e. The lowest BCUT2D eigenvalue weighted by molar-refractivity contribution is 0.102. The first-order valence-corrected chi connectivity index (χ1v) is 9.72. The molecule has 152 valence electrons. The van der Waals surface area contributed by atoms with E-state index < -0.39 is 11.7 Å². The molecule has 2 heterocycles. The predicted octanol–water partition coefficient (Wildman–Crippen LogP) is 5.02. The van der Waals surface area contributed by atoms with Crippen molar-refractivity contribution in [3.63, 3.8) is 0 Å². The van der Waals surface area contributed by atoms with Crippen LogP contribution in [0.15, 0.2) is 79.1 Å². The molecule has 0 aliphatic rings. The van der Waals surface area contributed by atoms with Crippen LogP contribution in [0.5, 0.6) is 0 Å². The number of rotatable bonds is 4. The van der Waals surface area contributed by atoms with Gasteiger partial charge in [-0.2, -0.15) is 5.10 Å². The molecule has 0 spiro atoms. The summed E-state index contributed by atoms with van der Waals surface area (Å²) in [4.78, 5) is 20.6. The molecule has 0 bridgehead atoms. The van der Waals surface area contributed by atoms with Crippen molar-refractivity contribution in [2.24, 2.45) is 7.05 Å². The van der Waals surface area contributed by atoms with Gasteiger partial charge < -0.3 is 10.3 Å². The monoisotopic (exact) mass is 411 g/mol. The highest BCUT2D eigenvalue weighted by Gasteiger charge is 2.14. The minimum absolute atomic E-state index is 0.0253. The van der Waals surface area contributed by atoms with Crippen molar-refractivity contribution in [2.45, 2.75) is 0 Å². The fourth-order valence-corrected chi connectivity index (χ4v) is 3.45. The van der Waals surface area contributed by atoms with Gasteiger partial charge in [0.15, 0.2) is 0 Å². The summed E-state index contributed by atoms with van der Waals surface area (Å²) in [5.74, 6) is -0.349. The Morgan fingerprint density at radius 1 is 1.00 bits per heavy atom. The van der Waals surface area contributed by atoms with Gasteiger partial charge in [-0.05, 0) is 54.1 Å². The van der Waals surface area contributed by atoms with Gasteiger partial charge in [-0.25, -0.2) is 9.37 Å². The van der Waals surface area contributed by atoms with Crippen molar-refractivity contribution in [3.05, 3.63) is 90.5 Å². The van der Waals surface area contributed by atoms with E-state index in [2.05, 4.69) is 20.4 Å². The Morgan fingerprint density at radius 2 is 1.77 bits per heavy atom. The number of benzene rings is 3. The number of nitrogens with zero attached hydrogens (tertiary/aromatic N) is 3. The second-order valence-corrected chi connectivity index (χ2v) is 7.23. The lowest BCUT2D eigenvalue weighted by Crippen LogP contribution is -2.13. The summed E-state index contributed by atoms with van der Waals surface area (Å²) in [6.45, 7) is 0. The number of hydrogen-bond donors (Lipinski definition) is 2. The number of carbonyl (C=O) groups excluding carboxylic acids is 1. The molecular weight excluding hydrogens is 393 g/mol. The van der Waals surface area contributed by atoms with Crippen LogP contribution in [-0.2, 0) is 7.05 Å². The Morgan fingerprint density at radius 3 is 2.52 bits per heavy atom. The minimum Gasteiger partial charge on any atom is -0.338 e. The predicted molar refractivity (Wildman–Crippen MR) is 118 cm³/mol. The molecule has 0 saturated heterocycles. The van der Waals surface area contributed by atoms with Crippen LogP contribution >= 0.6 is 0 Å². The molecule has 0 saturated carbocycles. The molecule has 5 aromatic rings. The number of aryl methyl sites for hydroxylation is 1. The number of amides is 1. The average Bonchev–Trinajstić information content (AvgIpc) is 3.41. The van der Waals surface area contributed by atoms with Gasteiger partial charge in [0.2, 0.25) is 0 Å². The fourth-order valence-electron chi connectivity index (χ4n) is 3.45. The van der Waals surface area contributed by atoms with Crippen molar-refractivity contribution >= 4 is 22.6 Å². The normalized spacial score (nSPS) is 11.0. The van der Waals surface area contributed by atoms with Crippen LogP contribution in [0.1, 0.15) is 10.4 Å². The van der Waals surface area contributed by atoms with E-state index in [4.69, 9.17) is 0 Å². The summed E-state index contributed by atoms with van der Waals surface area (Å²) >= 11 is 0. The number of halogens is 1. The third-order valence-corrected chi connectivity index (χ3v) is 5.05. The number of aromatic amines is 1. The van der Waals surface area contributed by atoms with Crippen LogP contribution in [0, 0.1) is 5.82 Å². The number of aromatic nitrogens is 4. The number of imidazole rings is 1. The van der Waals surface area contributed by atoms with Crippen molar-refractivity contribution < 1.29 is 9.18 Å². The average molecular weight is 411 g/mol. The number of para-hydroxylation sites is 2. The Hall–Kier alpha value is -4.26. The highest BCUT2D eigenvalue weighted by atomic mass is 19.1. The standard InChI is InChI=1S/C24H18FN5O/c1-30-14-17(13-26-30)16-8-11-20(25)19(12-16)24(31)27-18-9-6-15(7-10-18)23-28-21-4-2-3-5-22(21)29-23/h2-14H,1H3,(H,27,31)(H,28,29). The smallest absolute Gasteiger partial charge is 0.258 e.